The Hall–Kier alpha value is -1.35. The highest BCUT2D eigenvalue weighted by Crippen LogP contribution is 2.14. The number of aromatic nitrogens is 2. The van der Waals surface area contributed by atoms with Crippen LogP contribution in [0, 0.1) is 6.92 Å². The number of nitrogens with one attached hydrogen (secondary N) is 1. The van der Waals surface area contributed by atoms with Crippen molar-refractivity contribution in [3.63, 3.8) is 0 Å². The smallest absolute Gasteiger partial charge is 0.139 e. The molecule has 0 amide bonds. The van der Waals surface area contributed by atoms with Gasteiger partial charge in [-0.25, -0.2) is 4.98 Å². The third kappa shape index (κ3) is 2.20. The Kier molecular flexibility index (Phi) is 1.01. The largest absolute Gasteiger partial charge is 0.314 e. The Morgan fingerprint density at radius 2 is 2.82 bits per heavy atom. The van der Waals surface area contributed by atoms with Crippen LogP contribution in [0.5, 0.6) is 0 Å². The van der Waals surface area contributed by atoms with Crippen LogP contribution in [0.1, 0.15) is 45.5 Å². The van der Waals surface area contributed by atoms with Gasteiger partial charge in [0.1, 0.15) is 7.06 Å². The molecule has 0 aromatic carbocycles. The van der Waals surface area contributed by atoms with E-state index in [1.807, 2.05) is 0 Å². The van der Waals surface area contributed by atoms with Crippen LogP contribution in [0.15, 0.2) is 24.4 Å². The van der Waals surface area contributed by atoms with Gasteiger partial charge < -0.3 is 9.71 Å². The highest BCUT2D eigenvalue weighted by atomic mass is 15.0. The lowest BCUT2D eigenvalue weighted by Crippen LogP contribution is -2.35. The van der Waals surface area contributed by atoms with Gasteiger partial charge in [-0.2, -0.15) is 0 Å². The molecule has 1 atom stereocenters. The fourth-order valence-corrected chi connectivity index (χ4v) is 1.55. The van der Waals surface area contributed by atoms with E-state index in [4.69, 9.17) is 16.5 Å². The molecule has 0 saturated carbocycles. The van der Waals surface area contributed by atoms with Gasteiger partial charge in [0.25, 0.3) is 0 Å². The second-order valence-electron chi connectivity index (χ2n) is 3.63. The first kappa shape index (κ1) is 3.82. The van der Waals surface area contributed by atoms with Crippen molar-refractivity contribution in [1.29, 1.82) is 0 Å². The Balaban J connectivity index is 2.35. The Bertz CT molecular complexity index is 1000. The molecule has 3 rings (SSSR count). The molecule has 3 heteroatoms. The van der Waals surface area contributed by atoms with Crippen LogP contribution in [-0.4, -0.2) is 21.9 Å². The third-order valence-corrected chi connectivity index (χ3v) is 2.35. The first-order chi connectivity index (χ1) is 13.0. The number of rotatable bonds is 2. The van der Waals surface area contributed by atoms with E-state index in [0.29, 0.717) is 5.31 Å². The lowest BCUT2D eigenvalue weighted by Gasteiger charge is -2.22. The summed E-state index contributed by atoms with van der Waals surface area (Å²) in [6, 6.07) is -3.93. The van der Waals surface area contributed by atoms with E-state index in [1.165, 1.54) is 6.92 Å². The minimum Gasteiger partial charge on any atom is -0.314 e. The molecule has 0 unspecified atom stereocenters. The highest BCUT2D eigenvalue weighted by Gasteiger charge is 2.14. The molecule has 17 heavy (non-hydrogen) atoms. The zero-order valence-corrected chi connectivity index (χ0v) is 9.26. The first-order valence-electron chi connectivity index (χ1n) is 11.2. The molecule has 0 radical (unpaired) electrons. The standard InChI is InChI=1S/C14H19N3/c1-11-5-4-8-17-10-13(16-14(11)17)9-12-6-2-3-7-15-12/h4-5,8,10,12,15H,2-3,6-7,9H2,1H3/t12-/m0/s1/i2D2,4D,5D,6D2,8D,9D2,10D,12D/hD. The van der Waals surface area contributed by atoms with Crippen LogP contribution in [0.4, 0.5) is 0 Å². The average Bonchev–Trinajstić information content (AvgIpc) is 2.98. The summed E-state index contributed by atoms with van der Waals surface area (Å²) in [5, 5.41) is 0.331. The van der Waals surface area contributed by atoms with E-state index in [9.17, 15) is 0 Å². The molecule has 1 fully saturated rings. The minimum atomic E-state index is -3.15. The van der Waals surface area contributed by atoms with Gasteiger partial charge in [-0.1, -0.05) is 12.4 Å². The van der Waals surface area contributed by atoms with Crippen LogP contribution >= 0.6 is 0 Å². The van der Waals surface area contributed by atoms with Crippen LogP contribution in [0.25, 0.3) is 5.65 Å². The van der Waals surface area contributed by atoms with Crippen molar-refractivity contribution in [1.82, 2.24) is 14.7 Å². The Morgan fingerprint density at radius 3 is 3.76 bits per heavy atom. The first-order valence-corrected chi connectivity index (χ1v) is 5.26. The third-order valence-electron chi connectivity index (χ3n) is 2.35. The SMILES string of the molecule is [2H]c1c([2H])c([2H])n2c([2H])c(C([2H])([2H])[C@@]3([2H])N([2H])CCC([2H])([2H])C3([2H])[2H])nc2c1C. The summed E-state index contributed by atoms with van der Waals surface area (Å²) in [5.74, 6) is 0. The van der Waals surface area contributed by atoms with E-state index in [-0.39, 0.29) is 17.3 Å². The maximum atomic E-state index is 8.58. The van der Waals surface area contributed by atoms with Crippen molar-refractivity contribution in [2.75, 3.05) is 6.54 Å². The summed E-state index contributed by atoms with van der Waals surface area (Å²) in [4.78, 5) is 3.97. The van der Waals surface area contributed by atoms with E-state index in [1.54, 1.807) is 0 Å². The number of hydrogen-bond acceptors (Lipinski definition) is 2. The number of imidazole rings is 1. The predicted molar refractivity (Wildman–Crippen MR) is 69.3 cm³/mol. The molecule has 90 valence electrons. The summed E-state index contributed by atoms with van der Waals surface area (Å²) in [6.07, 6.45) is -10.6. The quantitative estimate of drug-likeness (QED) is 0.874. The van der Waals surface area contributed by atoms with Gasteiger partial charge >= 0.3 is 0 Å². The van der Waals surface area contributed by atoms with Gasteiger partial charge in [-0.05, 0) is 37.9 Å². The molecule has 3 heterocycles. The van der Waals surface area contributed by atoms with E-state index >= 15 is 0 Å². The summed E-state index contributed by atoms with van der Waals surface area (Å²) < 4.78 is 98.7. The van der Waals surface area contributed by atoms with Gasteiger partial charge in [-0.15, -0.1) is 0 Å². The minimum absolute atomic E-state index is 0.102. The van der Waals surface area contributed by atoms with Crippen LogP contribution < -0.4 is 5.31 Å². The number of nitrogens with zero attached hydrogens (tertiary/aromatic N) is 2. The molecule has 2 aromatic rings. The summed E-state index contributed by atoms with van der Waals surface area (Å²) in [6.45, 7) is 0.999. The molecule has 2 aromatic heterocycles. The normalized spacial score (nSPS) is 43.4. The molecular weight excluding hydrogens is 210 g/mol. The number of pyridine rings is 1. The van der Waals surface area contributed by atoms with Crippen molar-refractivity contribution in [3.05, 3.63) is 35.7 Å². The van der Waals surface area contributed by atoms with Crippen molar-refractivity contribution < 1.29 is 16.5 Å². The summed E-state index contributed by atoms with van der Waals surface area (Å²) in [5.41, 5.74) is -0.808. The van der Waals surface area contributed by atoms with Crippen molar-refractivity contribution in [3.8, 4) is 0 Å². The van der Waals surface area contributed by atoms with E-state index < -0.39 is 62.2 Å². The summed E-state index contributed by atoms with van der Waals surface area (Å²) in [7, 11) is 0. The number of hydrogen-bond donors (Lipinski definition) is 1. The van der Waals surface area contributed by atoms with Gasteiger partial charge in [0.05, 0.1) is 11.2 Å². The number of fused-ring (bicyclic) bond motifs is 1. The lowest BCUT2D eigenvalue weighted by atomic mass is 10.0. The van der Waals surface area contributed by atoms with E-state index in [2.05, 4.69) is 4.98 Å². The number of aryl methyl sites for hydroxylation is 1. The highest BCUT2D eigenvalue weighted by molar-refractivity contribution is 5.47. The summed E-state index contributed by atoms with van der Waals surface area (Å²) >= 11 is 0. The molecule has 1 aliphatic heterocycles. The molecule has 3 nitrogen and oxygen atoms in total. The second kappa shape index (κ2) is 4.49. The van der Waals surface area contributed by atoms with Gasteiger partial charge in [0, 0.05) is 34.3 Å². The molecule has 1 saturated heterocycles. The van der Waals surface area contributed by atoms with Gasteiger partial charge in [-0.3, -0.25) is 0 Å². The Labute approximate surface area is 119 Å². The molecule has 0 spiro atoms. The van der Waals surface area contributed by atoms with Crippen LogP contribution in [0.3, 0.4) is 0 Å². The fourth-order valence-electron chi connectivity index (χ4n) is 1.55. The lowest BCUT2D eigenvalue weighted by molar-refractivity contribution is 0.397. The zero-order chi connectivity index (χ0) is 22.3. The Morgan fingerprint density at radius 1 is 1.88 bits per heavy atom. The van der Waals surface area contributed by atoms with Crippen molar-refractivity contribution in [2.45, 2.75) is 38.5 Å². The second-order valence-corrected chi connectivity index (χ2v) is 3.63. The predicted octanol–water partition coefficient (Wildman–Crippen LogP) is 2.33. The van der Waals surface area contributed by atoms with Crippen LogP contribution in [0.2, 0.25) is 1.41 Å². The average molecular weight is 241 g/mol. The van der Waals surface area contributed by atoms with Crippen molar-refractivity contribution >= 4 is 5.65 Å². The van der Waals surface area contributed by atoms with Crippen molar-refractivity contribution in [2.24, 2.45) is 0 Å². The van der Waals surface area contributed by atoms with Crippen LogP contribution in [-0.2, 0) is 6.37 Å². The monoisotopic (exact) mass is 241 g/mol. The molecule has 1 aliphatic rings. The zero-order valence-electron chi connectivity index (χ0n) is 21.3. The maximum absolute atomic E-state index is 8.58. The molecule has 1 N–H and O–H groups in total. The maximum Gasteiger partial charge on any atom is 0.139 e. The fraction of sp³-hybridized carbons (Fsp3) is 0.500. The van der Waals surface area contributed by atoms with Gasteiger partial charge in [0.2, 0.25) is 0 Å². The molecular formula is C14H19N3. The number of piperidine rings is 1. The topological polar surface area (TPSA) is 29.3 Å². The molecule has 0 aliphatic carbocycles. The molecule has 0 bridgehead atoms. The van der Waals surface area contributed by atoms with Gasteiger partial charge in [0.15, 0.2) is 0 Å². The van der Waals surface area contributed by atoms with E-state index in [0.717, 1.165) is 4.40 Å².